The van der Waals surface area contributed by atoms with E-state index < -0.39 is 47.3 Å². The van der Waals surface area contributed by atoms with Crippen molar-refractivity contribution < 1.29 is 38.3 Å². The van der Waals surface area contributed by atoms with E-state index in [0.717, 1.165) is 11.1 Å². The highest BCUT2D eigenvalue weighted by Crippen LogP contribution is 2.34. The van der Waals surface area contributed by atoms with Crippen molar-refractivity contribution in [2.45, 2.75) is 36.9 Å². The second-order valence-corrected chi connectivity index (χ2v) is 9.49. The third-order valence-electron chi connectivity index (χ3n) is 5.28. The van der Waals surface area contributed by atoms with Crippen LogP contribution in [0.4, 0.5) is 0 Å². The maximum absolute atomic E-state index is 10.8. The summed E-state index contributed by atoms with van der Waals surface area (Å²) >= 11 is 6.36. The van der Waals surface area contributed by atoms with Gasteiger partial charge in [-0.2, -0.15) is 13.1 Å². The molecule has 0 aromatic heterocycles. The van der Waals surface area contributed by atoms with Crippen molar-refractivity contribution in [1.29, 1.82) is 0 Å². The summed E-state index contributed by atoms with van der Waals surface area (Å²) in [6, 6.07) is 12.2. The average molecular weight is 503 g/mol. The van der Waals surface area contributed by atoms with Crippen molar-refractivity contribution >= 4 is 21.8 Å². The number of ether oxygens (including phenoxy) is 2. The van der Waals surface area contributed by atoms with Crippen LogP contribution < -0.4 is 14.6 Å². The smallest absolute Gasteiger partial charge is 0.274 e. The van der Waals surface area contributed by atoms with Crippen molar-refractivity contribution in [2.75, 3.05) is 19.8 Å². The third kappa shape index (κ3) is 6.85. The van der Waals surface area contributed by atoms with Crippen LogP contribution in [0.1, 0.15) is 22.8 Å². The van der Waals surface area contributed by atoms with Crippen LogP contribution in [-0.2, 0) is 21.4 Å². The van der Waals surface area contributed by atoms with E-state index in [9.17, 15) is 28.8 Å². The summed E-state index contributed by atoms with van der Waals surface area (Å²) in [5, 5.41) is 45.2. The molecule has 0 bridgehead atoms. The van der Waals surface area contributed by atoms with Crippen molar-refractivity contribution in [1.82, 2.24) is 4.72 Å². The van der Waals surface area contributed by atoms with Crippen molar-refractivity contribution in [3.8, 4) is 5.75 Å². The van der Waals surface area contributed by atoms with Crippen LogP contribution in [0.5, 0.6) is 5.75 Å². The van der Waals surface area contributed by atoms with Gasteiger partial charge in [0.25, 0.3) is 10.2 Å². The number of halogens is 1. The maximum atomic E-state index is 10.8. The zero-order valence-electron chi connectivity index (χ0n) is 17.5. The molecule has 182 valence electrons. The molecule has 1 aliphatic heterocycles. The van der Waals surface area contributed by atoms with Crippen LogP contribution in [-0.4, -0.2) is 73.0 Å². The monoisotopic (exact) mass is 502 g/mol. The Balaban J connectivity index is 1.67. The van der Waals surface area contributed by atoms with Gasteiger partial charge in [0.2, 0.25) is 0 Å². The molecule has 10 nitrogen and oxygen atoms in total. The quantitative estimate of drug-likeness (QED) is 0.252. The van der Waals surface area contributed by atoms with Crippen LogP contribution in [0, 0.1) is 0 Å². The molecule has 7 N–H and O–H groups in total. The molecule has 0 saturated carbocycles. The molecule has 0 amide bonds. The number of nitrogens with two attached hydrogens (primary N) is 1. The molecule has 0 radical (unpaired) electrons. The molecule has 1 saturated heterocycles. The normalized spacial score (nSPS) is 25.7. The maximum Gasteiger partial charge on any atom is 0.274 e. The van der Waals surface area contributed by atoms with Gasteiger partial charge in [-0.25, -0.2) is 5.14 Å². The van der Waals surface area contributed by atoms with Crippen LogP contribution in [0.2, 0.25) is 5.02 Å². The van der Waals surface area contributed by atoms with Gasteiger partial charge in [0.1, 0.15) is 42.9 Å². The Labute approximate surface area is 196 Å². The molecular formula is C21H27ClN2O8S. The third-order valence-corrected chi connectivity index (χ3v) is 6.26. The summed E-state index contributed by atoms with van der Waals surface area (Å²) in [5.74, 6) is 0.552. The molecule has 0 aliphatic carbocycles. The number of benzene rings is 2. The predicted octanol–water partition coefficient (Wildman–Crippen LogP) is -0.382. The van der Waals surface area contributed by atoms with Gasteiger partial charge < -0.3 is 29.9 Å². The summed E-state index contributed by atoms with van der Waals surface area (Å²) < 4.78 is 34.9. The first-order valence-electron chi connectivity index (χ1n) is 10.2. The standard InChI is InChI=1S/C21H27ClN2O8S/c22-16-6-3-13(21-20(28)19(27)18(26)17(11-25)32-21)10-14(16)9-12-1-4-15(5-2-12)31-8-7-24-33(23,29)30/h1-6,10,17-21,24-28H,7-9,11H2,(H2,23,29,30)/t17-,18+,19-,20+,21+/m0/s1. The zero-order valence-corrected chi connectivity index (χ0v) is 19.1. The second-order valence-electron chi connectivity index (χ2n) is 7.71. The van der Waals surface area contributed by atoms with E-state index in [4.69, 9.17) is 26.2 Å². The molecule has 1 aliphatic rings. The molecular weight excluding hydrogens is 476 g/mol. The first-order valence-corrected chi connectivity index (χ1v) is 12.1. The van der Waals surface area contributed by atoms with Crippen molar-refractivity contribution in [3.05, 3.63) is 64.2 Å². The number of aliphatic hydroxyl groups is 4. The minimum Gasteiger partial charge on any atom is -0.492 e. The second kappa shape index (κ2) is 11.1. The highest BCUT2D eigenvalue weighted by molar-refractivity contribution is 7.87. The topological polar surface area (TPSA) is 172 Å². The molecule has 5 atom stereocenters. The lowest BCUT2D eigenvalue weighted by Gasteiger charge is -2.40. The van der Waals surface area contributed by atoms with Gasteiger partial charge in [0.05, 0.1) is 6.61 Å². The number of hydrogen-bond donors (Lipinski definition) is 6. The van der Waals surface area contributed by atoms with Gasteiger partial charge in [-0.1, -0.05) is 35.9 Å². The van der Waals surface area contributed by atoms with Crippen LogP contribution in [0.15, 0.2) is 42.5 Å². The number of hydrogen-bond acceptors (Lipinski definition) is 8. The Kier molecular flexibility index (Phi) is 8.67. The SMILES string of the molecule is NS(=O)(=O)NCCOc1ccc(Cc2cc([C@H]3O[C@@H](CO)[C@@H](O)[C@H](O)[C@H]3O)ccc2Cl)cc1. The van der Waals surface area contributed by atoms with E-state index in [1.54, 1.807) is 30.3 Å². The van der Waals surface area contributed by atoms with E-state index in [-0.39, 0.29) is 13.2 Å². The Bertz CT molecular complexity index is 1040. The Morgan fingerprint density at radius 1 is 1.06 bits per heavy atom. The van der Waals surface area contributed by atoms with E-state index in [2.05, 4.69) is 4.72 Å². The van der Waals surface area contributed by atoms with E-state index in [1.165, 1.54) is 0 Å². The molecule has 12 heteroatoms. The Morgan fingerprint density at radius 2 is 1.76 bits per heavy atom. The number of nitrogens with one attached hydrogen (secondary N) is 1. The molecule has 1 heterocycles. The highest BCUT2D eigenvalue weighted by Gasteiger charge is 2.44. The van der Waals surface area contributed by atoms with Gasteiger partial charge in [-0.15, -0.1) is 0 Å². The number of rotatable bonds is 9. The largest absolute Gasteiger partial charge is 0.492 e. The summed E-state index contributed by atoms with van der Waals surface area (Å²) in [6.07, 6.45) is -5.76. The average Bonchev–Trinajstić information content (AvgIpc) is 2.77. The fourth-order valence-corrected chi connectivity index (χ4v) is 4.11. The van der Waals surface area contributed by atoms with E-state index >= 15 is 0 Å². The lowest BCUT2D eigenvalue weighted by molar-refractivity contribution is -0.231. The fourth-order valence-electron chi connectivity index (χ4n) is 3.56. The molecule has 0 unspecified atom stereocenters. The zero-order chi connectivity index (χ0) is 24.2. The van der Waals surface area contributed by atoms with Gasteiger partial charge in [0, 0.05) is 11.6 Å². The first-order chi connectivity index (χ1) is 15.6. The Hall–Kier alpha value is -1.80. The minimum absolute atomic E-state index is 0.0426. The molecule has 2 aromatic carbocycles. The van der Waals surface area contributed by atoms with Gasteiger partial charge in [-0.05, 0) is 41.3 Å². The molecule has 0 spiro atoms. The van der Waals surface area contributed by atoms with E-state index in [1.807, 2.05) is 12.1 Å². The van der Waals surface area contributed by atoms with Crippen LogP contribution >= 0.6 is 11.6 Å². The van der Waals surface area contributed by atoms with Crippen molar-refractivity contribution in [2.24, 2.45) is 5.14 Å². The first kappa shape index (κ1) is 25.8. The Morgan fingerprint density at radius 3 is 2.39 bits per heavy atom. The lowest BCUT2D eigenvalue weighted by atomic mass is 9.90. The molecule has 33 heavy (non-hydrogen) atoms. The predicted molar refractivity (Wildman–Crippen MR) is 120 cm³/mol. The lowest BCUT2D eigenvalue weighted by Crippen LogP contribution is -2.55. The summed E-state index contributed by atoms with van der Waals surface area (Å²) in [5.41, 5.74) is 2.21. The van der Waals surface area contributed by atoms with Gasteiger partial charge in [-0.3, -0.25) is 0 Å². The molecule has 3 rings (SSSR count). The molecule has 1 fully saturated rings. The van der Waals surface area contributed by atoms with Gasteiger partial charge in [0.15, 0.2) is 0 Å². The van der Waals surface area contributed by atoms with Crippen LogP contribution in [0.3, 0.4) is 0 Å². The van der Waals surface area contributed by atoms with Crippen molar-refractivity contribution in [3.63, 3.8) is 0 Å². The highest BCUT2D eigenvalue weighted by atomic mass is 35.5. The molecule has 2 aromatic rings. The van der Waals surface area contributed by atoms with E-state index in [0.29, 0.717) is 22.8 Å². The number of aliphatic hydroxyl groups excluding tert-OH is 4. The minimum atomic E-state index is -3.76. The summed E-state index contributed by atoms with van der Waals surface area (Å²) in [4.78, 5) is 0. The van der Waals surface area contributed by atoms with Crippen LogP contribution in [0.25, 0.3) is 0 Å². The summed E-state index contributed by atoms with van der Waals surface area (Å²) in [7, 11) is -3.76. The fraction of sp³-hybridized carbons (Fsp3) is 0.429. The van der Waals surface area contributed by atoms with Gasteiger partial charge >= 0.3 is 0 Å². The summed E-state index contributed by atoms with van der Waals surface area (Å²) in [6.45, 7) is -0.349.